The van der Waals surface area contributed by atoms with Gasteiger partial charge in [0, 0.05) is 16.0 Å². The average molecular weight is 365 g/mol. The number of ether oxygens (including phenoxy) is 1. The minimum Gasteiger partial charge on any atom is -0.493 e. The minimum absolute atomic E-state index is 0.0472. The van der Waals surface area contributed by atoms with E-state index in [1.54, 1.807) is 0 Å². The maximum atomic E-state index is 6.32. The van der Waals surface area contributed by atoms with Gasteiger partial charge < -0.3 is 10.5 Å². The van der Waals surface area contributed by atoms with Crippen LogP contribution in [0.15, 0.2) is 42.5 Å². The molecule has 1 unspecified atom stereocenters. The number of nitrogens with two attached hydrogens (primary N) is 1. The standard InChI is InChI=1S/C16H16INO/c17-14-4-1-11(2-5-14)9-15(18)12-3-6-16-13(10-12)7-8-19-16/h1-6,10,15H,7-9,18H2. The molecule has 1 aliphatic heterocycles. The van der Waals surface area contributed by atoms with Crippen LogP contribution < -0.4 is 10.5 Å². The van der Waals surface area contributed by atoms with Crippen molar-refractivity contribution in [2.75, 3.05) is 6.61 Å². The number of benzene rings is 2. The Labute approximate surface area is 127 Å². The van der Waals surface area contributed by atoms with E-state index in [2.05, 4.69) is 59.0 Å². The van der Waals surface area contributed by atoms with Gasteiger partial charge in [0.1, 0.15) is 5.75 Å². The molecule has 3 heteroatoms. The zero-order valence-corrected chi connectivity index (χ0v) is 12.8. The number of fused-ring (bicyclic) bond motifs is 1. The third-order valence-corrected chi connectivity index (χ3v) is 4.23. The van der Waals surface area contributed by atoms with Gasteiger partial charge in [-0.3, -0.25) is 0 Å². The van der Waals surface area contributed by atoms with Gasteiger partial charge in [0.25, 0.3) is 0 Å². The molecule has 0 bridgehead atoms. The molecule has 2 aromatic rings. The van der Waals surface area contributed by atoms with Crippen molar-refractivity contribution in [3.05, 3.63) is 62.7 Å². The fourth-order valence-corrected chi connectivity index (χ4v) is 2.79. The fourth-order valence-electron chi connectivity index (χ4n) is 2.43. The van der Waals surface area contributed by atoms with Crippen molar-refractivity contribution in [3.63, 3.8) is 0 Å². The van der Waals surface area contributed by atoms with Gasteiger partial charge in [-0.25, -0.2) is 0 Å². The lowest BCUT2D eigenvalue weighted by Gasteiger charge is -2.13. The molecule has 98 valence electrons. The van der Waals surface area contributed by atoms with Crippen LogP contribution in [0.5, 0.6) is 5.75 Å². The Morgan fingerprint density at radius 1 is 1.16 bits per heavy atom. The minimum atomic E-state index is 0.0472. The largest absolute Gasteiger partial charge is 0.493 e. The first kappa shape index (κ1) is 12.9. The summed E-state index contributed by atoms with van der Waals surface area (Å²) in [6, 6.07) is 14.9. The van der Waals surface area contributed by atoms with Gasteiger partial charge in [0.2, 0.25) is 0 Å². The lowest BCUT2D eigenvalue weighted by Crippen LogP contribution is -2.13. The first-order valence-electron chi connectivity index (χ1n) is 6.48. The maximum absolute atomic E-state index is 6.32. The molecule has 2 nitrogen and oxygen atoms in total. The summed E-state index contributed by atoms with van der Waals surface area (Å²) in [5.41, 5.74) is 10.1. The molecule has 19 heavy (non-hydrogen) atoms. The molecule has 0 amide bonds. The molecule has 0 radical (unpaired) electrons. The van der Waals surface area contributed by atoms with Crippen LogP contribution in [0.3, 0.4) is 0 Å². The van der Waals surface area contributed by atoms with Gasteiger partial charge in [0.05, 0.1) is 6.61 Å². The number of hydrogen-bond donors (Lipinski definition) is 1. The molecular formula is C16H16INO. The highest BCUT2D eigenvalue weighted by atomic mass is 127. The van der Waals surface area contributed by atoms with E-state index in [1.165, 1.54) is 20.3 Å². The van der Waals surface area contributed by atoms with Crippen LogP contribution in [0, 0.1) is 3.57 Å². The molecule has 3 rings (SSSR count). The Bertz CT molecular complexity index is 580. The smallest absolute Gasteiger partial charge is 0.122 e. The number of rotatable bonds is 3. The predicted octanol–water partition coefficient (Wildman–Crippen LogP) is 3.47. The predicted molar refractivity (Wildman–Crippen MR) is 85.4 cm³/mol. The third kappa shape index (κ3) is 2.92. The van der Waals surface area contributed by atoms with Crippen molar-refractivity contribution in [2.45, 2.75) is 18.9 Å². The van der Waals surface area contributed by atoms with Crippen molar-refractivity contribution < 1.29 is 4.74 Å². The van der Waals surface area contributed by atoms with Crippen LogP contribution in [0.2, 0.25) is 0 Å². The SMILES string of the molecule is NC(Cc1ccc(I)cc1)c1ccc2c(c1)CCO2. The second-order valence-corrected chi connectivity index (χ2v) is 6.15. The molecule has 2 N–H and O–H groups in total. The molecule has 0 saturated heterocycles. The number of hydrogen-bond acceptors (Lipinski definition) is 2. The van der Waals surface area contributed by atoms with Crippen molar-refractivity contribution in [2.24, 2.45) is 5.73 Å². The summed E-state index contributed by atoms with van der Waals surface area (Å²) in [7, 11) is 0. The Balaban J connectivity index is 1.76. The van der Waals surface area contributed by atoms with Crippen LogP contribution in [0.1, 0.15) is 22.7 Å². The summed E-state index contributed by atoms with van der Waals surface area (Å²) in [4.78, 5) is 0. The van der Waals surface area contributed by atoms with E-state index < -0.39 is 0 Å². The normalized spacial score (nSPS) is 14.8. The van der Waals surface area contributed by atoms with Gasteiger partial charge in [0.15, 0.2) is 0 Å². The Morgan fingerprint density at radius 3 is 2.74 bits per heavy atom. The van der Waals surface area contributed by atoms with Crippen LogP contribution >= 0.6 is 22.6 Å². The van der Waals surface area contributed by atoms with Gasteiger partial charge in [-0.2, -0.15) is 0 Å². The first-order valence-corrected chi connectivity index (χ1v) is 7.56. The highest BCUT2D eigenvalue weighted by molar-refractivity contribution is 14.1. The van der Waals surface area contributed by atoms with E-state index in [1.807, 2.05) is 6.07 Å². The molecular weight excluding hydrogens is 349 g/mol. The molecule has 1 aliphatic rings. The summed E-state index contributed by atoms with van der Waals surface area (Å²) in [6.07, 6.45) is 1.87. The molecule has 0 aliphatic carbocycles. The van der Waals surface area contributed by atoms with E-state index in [4.69, 9.17) is 10.5 Å². The average Bonchev–Trinajstić information content (AvgIpc) is 2.88. The van der Waals surface area contributed by atoms with Crippen LogP contribution in [0.25, 0.3) is 0 Å². The van der Waals surface area contributed by atoms with Crippen molar-refractivity contribution >= 4 is 22.6 Å². The van der Waals surface area contributed by atoms with Crippen LogP contribution in [-0.2, 0) is 12.8 Å². The summed E-state index contributed by atoms with van der Waals surface area (Å²) in [5, 5.41) is 0. The highest BCUT2D eigenvalue weighted by Crippen LogP contribution is 2.28. The van der Waals surface area contributed by atoms with Gasteiger partial charge in [-0.1, -0.05) is 24.3 Å². The lowest BCUT2D eigenvalue weighted by molar-refractivity contribution is 0.357. The van der Waals surface area contributed by atoms with Gasteiger partial charge in [-0.15, -0.1) is 0 Å². The quantitative estimate of drug-likeness (QED) is 0.846. The second-order valence-electron chi connectivity index (χ2n) is 4.90. The molecule has 0 fully saturated rings. The summed E-state index contributed by atoms with van der Waals surface area (Å²) in [5.74, 6) is 1.02. The summed E-state index contributed by atoms with van der Waals surface area (Å²) < 4.78 is 6.78. The Hall–Kier alpha value is -1.07. The second kappa shape index (κ2) is 5.51. The van der Waals surface area contributed by atoms with Crippen molar-refractivity contribution in [3.8, 4) is 5.75 Å². The first-order chi connectivity index (χ1) is 9.22. The Kier molecular flexibility index (Phi) is 3.75. The van der Waals surface area contributed by atoms with Crippen molar-refractivity contribution in [1.82, 2.24) is 0 Å². The zero-order valence-electron chi connectivity index (χ0n) is 10.6. The van der Waals surface area contributed by atoms with Crippen LogP contribution in [-0.4, -0.2) is 6.61 Å². The summed E-state index contributed by atoms with van der Waals surface area (Å²) >= 11 is 2.32. The summed E-state index contributed by atoms with van der Waals surface area (Å²) in [6.45, 7) is 0.797. The van der Waals surface area contributed by atoms with Crippen LogP contribution in [0.4, 0.5) is 0 Å². The zero-order chi connectivity index (χ0) is 13.2. The lowest BCUT2D eigenvalue weighted by atomic mass is 9.97. The van der Waals surface area contributed by atoms with Gasteiger partial charge in [-0.05, 0) is 63.9 Å². The molecule has 1 heterocycles. The molecule has 2 aromatic carbocycles. The Morgan fingerprint density at radius 2 is 1.95 bits per heavy atom. The van der Waals surface area contributed by atoms with E-state index in [0.717, 1.165) is 25.2 Å². The van der Waals surface area contributed by atoms with Crippen molar-refractivity contribution in [1.29, 1.82) is 0 Å². The molecule has 1 atom stereocenters. The van der Waals surface area contributed by atoms with E-state index >= 15 is 0 Å². The monoisotopic (exact) mass is 365 g/mol. The van der Waals surface area contributed by atoms with E-state index in [0.29, 0.717) is 0 Å². The maximum Gasteiger partial charge on any atom is 0.122 e. The van der Waals surface area contributed by atoms with E-state index in [-0.39, 0.29) is 6.04 Å². The molecule has 0 aromatic heterocycles. The topological polar surface area (TPSA) is 35.2 Å². The highest BCUT2D eigenvalue weighted by Gasteiger charge is 2.15. The third-order valence-electron chi connectivity index (χ3n) is 3.51. The van der Waals surface area contributed by atoms with Gasteiger partial charge >= 0.3 is 0 Å². The fraction of sp³-hybridized carbons (Fsp3) is 0.250. The molecule has 0 saturated carbocycles. The van der Waals surface area contributed by atoms with E-state index in [9.17, 15) is 0 Å². The number of halogens is 1. The molecule has 0 spiro atoms.